The van der Waals surface area contributed by atoms with E-state index >= 15 is 0 Å². The van der Waals surface area contributed by atoms with Crippen LogP contribution in [0.2, 0.25) is 0 Å². The van der Waals surface area contributed by atoms with Crippen LogP contribution < -0.4 is 14.8 Å². The molecule has 0 aliphatic carbocycles. The minimum Gasteiger partial charge on any atom is -0.493 e. The molecule has 0 atom stereocenters. The summed E-state index contributed by atoms with van der Waals surface area (Å²) in [5.74, 6) is 1.02. The van der Waals surface area contributed by atoms with Crippen LogP contribution in [-0.2, 0) is 11.2 Å². The van der Waals surface area contributed by atoms with Gasteiger partial charge >= 0.3 is 0 Å². The number of rotatable bonds is 6. The summed E-state index contributed by atoms with van der Waals surface area (Å²) in [4.78, 5) is 29.1. The highest BCUT2D eigenvalue weighted by Crippen LogP contribution is 2.37. The van der Waals surface area contributed by atoms with Gasteiger partial charge in [-0.1, -0.05) is 30.3 Å². The second kappa shape index (κ2) is 9.67. The second-order valence-corrected chi connectivity index (χ2v) is 9.33. The maximum atomic E-state index is 13.2. The third kappa shape index (κ3) is 4.88. The van der Waals surface area contributed by atoms with Gasteiger partial charge in [-0.05, 0) is 54.7 Å². The largest absolute Gasteiger partial charge is 0.493 e. The highest BCUT2D eigenvalue weighted by Gasteiger charge is 2.22. The van der Waals surface area contributed by atoms with Crippen LogP contribution in [0.3, 0.4) is 0 Å². The quantitative estimate of drug-likeness (QED) is 0.560. The van der Waals surface area contributed by atoms with Gasteiger partial charge in [0.1, 0.15) is 16.4 Å². The lowest BCUT2D eigenvalue weighted by atomic mass is 10.1. The monoisotopic (exact) mass is 462 g/mol. The van der Waals surface area contributed by atoms with E-state index in [-0.39, 0.29) is 18.4 Å². The molecule has 7 heteroatoms. The van der Waals surface area contributed by atoms with Crippen molar-refractivity contribution in [3.05, 3.63) is 65.0 Å². The normalized spacial score (nSPS) is 15.0. The lowest BCUT2D eigenvalue weighted by Gasteiger charge is -2.26. The Balaban J connectivity index is 1.36. The van der Waals surface area contributed by atoms with E-state index in [1.165, 1.54) is 11.3 Å². The van der Waals surface area contributed by atoms with Crippen LogP contribution in [0.15, 0.2) is 54.6 Å². The van der Waals surface area contributed by atoms with Crippen molar-refractivity contribution in [2.75, 3.05) is 31.6 Å². The Morgan fingerprint density at radius 1 is 1.03 bits per heavy atom. The van der Waals surface area contributed by atoms with E-state index < -0.39 is 0 Å². The molecule has 2 aliphatic rings. The number of fused-ring (bicyclic) bond motifs is 1. The van der Waals surface area contributed by atoms with E-state index in [0.717, 1.165) is 60.5 Å². The summed E-state index contributed by atoms with van der Waals surface area (Å²) in [6.45, 7) is 2.15. The first kappa shape index (κ1) is 21.5. The zero-order chi connectivity index (χ0) is 22.6. The van der Waals surface area contributed by atoms with Gasteiger partial charge in [-0.25, -0.2) is 0 Å². The summed E-state index contributed by atoms with van der Waals surface area (Å²) < 4.78 is 11.5. The summed E-state index contributed by atoms with van der Waals surface area (Å²) in [5, 5.41) is 2.98. The van der Waals surface area contributed by atoms with Crippen LogP contribution in [0.5, 0.6) is 11.5 Å². The number of likely N-dealkylation sites (tertiary alicyclic amines) is 1. The minimum absolute atomic E-state index is 0.0351. The molecule has 3 aromatic rings. The van der Waals surface area contributed by atoms with Crippen molar-refractivity contribution in [1.82, 2.24) is 4.90 Å². The molecule has 2 aliphatic heterocycles. The number of benzene rings is 2. The van der Waals surface area contributed by atoms with Gasteiger partial charge in [0.15, 0.2) is 6.61 Å². The smallest absolute Gasteiger partial charge is 0.269 e. The van der Waals surface area contributed by atoms with Gasteiger partial charge in [-0.15, -0.1) is 11.3 Å². The lowest BCUT2D eigenvalue weighted by molar-refractivity contribution is -0.134. The lowest BCUT2D eigenvalue weighted by Crippen LogP contribution is -2.38. The second-order valence-electron chi connectivity index (χ2n) is 8.28. The standard InChI is InChI=1S/C26H26N2O4S/c29-24(28-12-5-2-6-13-28)17-32-22-16-23(18-7-3-1-4-8-18)33-25(22)26(30)27-20-9-10-21-19(15-20)11-14-31-21/h1,3-4,7-10,15-16H,2,5-6,11-14,17H2,(H,27,30). The molecule has 2 aromatic carbocycles. The summed E-state index contributed by atoms with van der Waals surface area (Å²) in [7, 11) is 0. The minimum atomic E-state index is -0.249. The van der Waals surface area contributed by atoms with Crippen LogP contribution in [0.1, 0.15) is 34.5 Å². The van der Waals surface area contributed by atoms with Gasteiger partial charge in [-0.2, -0.15) is 0 Å². The van der Waals surface area contributed by atoms with Gasteiger partial charge < -0.3 is 19.7 Å². The Hall–Kier alpha value is -3.32. The van der Waals surface area contributed by atoms with Gasteiger partial charge in [-0.3, -0.25) is 9.59 Å². The molecular formula is C26H26N2O4S. The molecule has 33 heavy (non-hydrogen) atoms. The molecule has 2 amide bonds. The van der Waals surface area contributed by atoms with Gasteiger partial charge in [0.2, 0.25) is 0 Å². The molecule has 0 radical (unpaired) electrons. The molecule has 1 N–H and O–H groups in total. The first-order valence-electron chi connectivity index (χ1n) is 11.3. The maximum absolute atomic E-state index is 13.2. The Labute approximate surface area is 197 Å². The molecule has 0 unspecified atom stereocenters. The Morgan fingerprint density at radius 3 is 2.67 bits per heavy atom. The average Bonchev–Trinajstić information content (AvgIpc) is 3.50. The predicted molar refractivity (Wildman–Crippen MR) is 129 cm³/mol. The van der Waals surface area contributed by atoms with Crippen molar-refractivity contribution in [1.29, 1.82) is 0 Å². The summed E-state index contributed by atoms with van der Waals surface area (Å²) in [6.07, 6.45) is 4.06. The van der Waals surface area contributed by atoms with Crippen LogP contribution in [0.25, 0.3) is 10.4 Å². The number of nitrogens with one attached hydrogen (secondary N) is 1. The summed E-state index contributed by atoms with van der Waals surface area (Å²) in [6, 6.07) is 17.4. The van der Waals surface area contributed by atoms with Crippen LogP contribution in [-0.4, -0.2) is 43.0 Å². The molecular weight excluding hydrogens is 436 g/mol. The number of hydrogen-bond donors (Lipinski definition) is 1. The first-order valence-corrected chi connectivity index (χ1v) is 12.2. The molecule has 1 saturated heterocycles. The van der Waals surface area contributed by atoms with Crippen LogP contribution >= 0.6 is 11.3 Å². The molecule has 3 heterocycles. The van der Waals surface area contributed by atoms with Crippen molar-refractivity contribution < 1.29 is 19.1 Å². The van der Waals surface area contributed by atoms with Crippen LogP contribution in [0, 0.1) is 0 Å². The molecule has 170 valence electrons. The highest BCUT2D eigenvalue weighted by atomic mass is 32.1. The number of carbonyl (C=O) groups excluding carboxylic acids is 2. The number of anilines is 1. The zero-order valence-electron chi connectivity index (χ0n) is 18.3. The average molecular weight is 463 g/mol. The van der Waals surface area contributed by atoms with E-state index in [2.05, 4.69) is 5.32 Å². The molecule has 0 bridgehead atoms. The van der Waals surface area contributed by atoms with E-state index in [4.69, 9.17) is 9.47 Å². The Morgan fingerprint density at radius 2 is 1.85 bits per heavy atom. The summed E-state index contributed by atoms with van der Waals surface area (Å²) >= 11 is 1.37. The van der Waals surface area contributed by atoms with E-state index in [1.54, 1.807) is 0 Å². The van der Waals surface area contributed by atoms with Crippen molar-refractivity contribution >= 4 is 28.8 Å². The molecule has 1 aromatic heterocycles. The Bertz CT molecular complexity index is 1150. The Kier molecular flexibility index (Phi) is 6.30. The number of thiophene rings is 1. The molecule has 6 nitrogen and oxygen atoms in total. The third-order valence-electron chi connectivity index (χ3n) is 5.97. The van der Waals surface area contributed by atoms with E-state index in [9.17, 15) is 9.59 Å². The van der Waals surface area contributed by atoms with Crippen molar-refractivity contribution in [3.63, 3.8) is 0 Å². The van der Waals surface area contributed by atoms with E-state index in [0.29, 0.717) is 22.9 Å². The molecule has 5 rings (SSSR count). The molecule has 0 saturated carbocycles. The van der Waals surface area contributed by atoms with Crippen molar-refractivity contribution in [3.8, 4) is 21.9 Å². The number of amides is 2. The number of hydrogen-bond acceptors (Lipinski definition) is 5. The SMILES string of the molecule is O=C(Nc1ccc2c(c1)CCO2)c1sc(-c2ccccc2)cc1OCC(=O)N1CCCCC1. The van der Waals surface area contributed by atoms with Gasteiger partial charge in [0, 0.05) is 30.1 Å². The predicted octanol–water partition coefficient (Wildman–Crippen LogP) is 4.99. The number of nitrogens with zero attached hydrogens (tertiary/aromatic N) is 1. The fourth-order valence-electron chi connectivity index (χ4n) is 4.21. The van der Waals surface area contributed by atoms with Crippen LogP contribution in [0.4, 0.5) is 5.69 Å². The molecule has 1 fully saturated rings. The van der Waals surface area contributed by atoms with Gasteiger partial charge in [0.05, 0.1) is 6.61 Å². The van der Waals surface area contributed by atoms with E-state index in [1.807, 2.05) is 59.5 Å². The third-order valence-corrected chi connectivity index (χ3v) is 7.13. The van der Waals surface area contributed by atoms with Crippen molar-refractivity contribution in [2.24, 2.45) is 0 Å². The number of piperidine rings is 1. The number of carbonyl (C=O) groups is 2. The summed E-state index contributed by atoms with van der Waals surface area (Å²) in [5.41, 5.74) is 2.81. The maximum Gasteiger partial charge on any atom is 0.269 e. The zero-order valence-corrected chi connectivity index (χ0v) is 19.2. The number of ether oxygens (including phenoxy) is 2. The fourth-order valence-corrected chi connectivity index (χ4v) is 5.21. The highest BCUT2D eigenvalue weighted by molar-refractivity contribution is 7.17. The van der Waals surface area contributed by atoms with Gasteiger partial charge in [0.25, 0.3) is 11.8 Å². The first-order chi connectivity index (χ1) is 16.2. The fraction of sp³-hybridized carbons (Fsp3) is 0.308. The topological polar surface area (TPSA) is 67.9 Å². The molecule has 0 spiro atoms. The van der Waals surface area contributed by atoms with Crippen molar-refractivity contribution in [2.45, 2.75) is 25.7 Å².